The fraction of sp³-hybridized carbons (Fsp3) is 0.696. The number of carboxylic acid groups (broad SMARTS) is 1. The minimum atomic E-state index is -2.02. The second-order valence-electron chi connectivity index (χ2n) is 8.59. The Hall–Kier alpha value is -2.22. The molecule has 1 amide bonds. The van der Waals surface area contributed by atoms with E-state index in [-0.39, 0.29) is 26.1 Å². The van der Waals surface area contributed by atoms with Crippen LogP contribution in [0.25, 0.3) is 0 Å². The van der Waals surface area contributed by atoms with E-state index in [9.17, 15) is 19.1 Å². The van der Waals surface area contributed by atoms with Gasteiger partial charge in [-0.1, -0.05) is 31.7 Å². The number of unbranched alkanes of at least 4 members (excludes halogenated alkanes) is 4. The number of hydrogen-bond acceptors (Lipinski definition) is 5. The van der Waals surface area contributed by atoms with Gasteiger partial charge in [-0.15, -0.1) is 0 Å². The first-order valence-electron chi connectivity index (χ1n) is 11.5. The Labute approximate surface area is 183 Å². The molecule has 7 nitrogen and oxygen atoms in total. The summed E-state index contributed by atoms with van der Waals surface area (Å²) in [4.78, 5) is 28.4. The van der Waals surface area contributed by atoms with E-state index in [0.29, 0.717) is 12.8 Å². The van der Waals surface area contributed by atoms with Gasteiger partial charge in [0.1, 0.15) is 11.9 Å². The molecule has 1 saturated heterocycles. The SMILES string of the molecule is O=C(O)C(CCCCCCCc1ccc2c(n1)NCCC2)NC(=O)C1(F)CCOCC1. The van der Waals surface area contributed by atoms with Crippen molar-refractivity contribution in [3.05, 3.63) is 23.4 Å². The number of anilines is 1. The second-order valence-corrected chi connectivity index (χ2v) is 8.59. The Kier molecular flexibility index (Phi) is 8.63. The molecule has 0 aromatic carbocycles. The lowest BCUT2D eigenvalue weighted by Crippen LogP contribution is -2.52. The highest BCUT2D eigenvalue weighted by Gasteiger charge is 2.41. The van der Waals surface area contributed by atoms with Crippen molar-refractivity contribution >= 4 is 17.7 Å². The highest BCUT2D eigenvalue weighted by molar-refractivity contribution is 5.89. The van der Waals surface area contributed by atoms with E-state index < -0.39 is 23.6 Å². The molecule has 0 spiro atoms. The van der Waals surface area contributed by atoms with E-state index in [1.54, 1.807) is 0 Å². The maximum absolute atomic E-state index is 14.7. The number of nitrogens with zero attached hydrogens (tertiary/aromatic N) is 1. The topological polar surface area (TPSA) is 101 Å². The van der Waals surface area contributed by atoms with Gasteiger partial charge in [-0.05, 0) is 43.7 Å². The molecule has 3 N–H and O–H groups in total. The summed E-state index contributed by atoms with van der Waals surface area (Å²) in [5, 5.41) is 15.1. The fourth-order valence-corrected chi connectivity index (χ4v) is 4.16. The summed E-state index contributed by atoms with van der Waals surface area (Å²) in [6, 6.07) is 3.24. The number of pyridine rings is 1. The molecule has 1 fully saturated rings. The Morgan fingerprint density at radius 2 is 1.94 bits per heavy atom. The van der Waals surface area contributed by atoms with Gasteiger partial charge < -0.3 is 20.5 Å². The van der Waals surface area contributed by atoms with Crippen LogP contribution in [-0.2, 0) is 27.2 Å². The standard InChI is InChI=1S/C23H34FN3O4/c24-23(12-15-31-16-13-23)22(30)27-19(21(28)29)9-5-3-1-2-4-8-18-11-10-17-7-6-14-25-20(17)26-18/h10-11,19H,1-9,12-16H2,(H,25,26)(H,27,30)(H,28,29). The molecule has 172 valence electrons. The van der Waals surface area contributed by atoms with Crippen LogP contribution in [0, 0.1) is 0 Å². The monoisotopic (exact) mass is 435 g/mol. The van der Waals surface area contributed by atoms with Crippen LogP contribution in [-0.4, -0.2) is 53.4 Å². The zero-order valence-electron chi connectivity index (χ0n) is 18.1. The Morgan fingerprint density at radius 1 is 1.19 bits per heavy atom. The number of ether oxygens (including phenoxy) is 1. The highest BCUT2D eigenvalue weighted by Crippen LogP contribution is 2.26. The molecule has 8 heteroatoms. The molecule has 0 saturated carbocycles. The lowest BCUT2D eigenvalue weighted by molar-refractivity contribution is -0.147. The average Bonchev–Trinajstić information content (AvgIpc) is 2.77. The molecular weight excluding hydrogens is 401 g/mol. The van der Waals surface area contributed by atoms with Crippen molar-refractivity contribution in [1.29, 1.82) is 0 Å². The molecule has 31 heavy (non-hydrogen) atoms. The molecule has 3 rings (SSSR count). The number of hydrogen-bond donors (Lipinski definition) is 3. The smallest absolute Gasteiger partial charge is 0.326 e. The molecule has 2 aliphatic rings. The third-order valence-corrected chi connectivity index (χ3v) is 6.17. The van der Waals surface area contributed by atoms with Gasteiger partial charge in [0.2, 0.25) is 0 Å². The quantitative estimate of drug-likeness (QED) is 0.461. The van der Waals surface area contributed by atoms with Gasteiger partial charge in [-0.25, -0.2) is 14.2 Å². The molecule has 1 unspecified atom stereocenters. The van der Waals surface area contributed by atoms with Crippen molar-refractivity contribution in [2.75, 3.05) is 25.1 Å². The van der Waals surface area contributed by atoms with E-state index >= 15 is 0 Å². The summed E-state index contributed by atoms with van der Waals surface area (Å²) in [5.74, 6) is -0.910. The normalized spacial score (nSPS) is 18.5. The number of carbonyl (C=O) groups excluding carboxylic acids is 1. The van der Waals surface area contributed by atoms with E-state index in [1.165, 1.54) is 5.56 Å². The number of halogens is 1. The third-order valence-electron chi connectivity index (χ3n) is 6.17. The van der Waals surface area contributed by atoms with Crippen molar-refractivity contribution < 1.29 is 23.8 Å². The van der Waals surface area contributed by atoms with E-state index in [4.69, 9.17) is 9.72 Å². The van der Waals surface area contributed by atoms with Crippen LogP contribution in [0.1, 0.15) is 69.0 Å². The van der Waals surface area contributed by atoms with Gasteiger partial charge in [0.15, 0.2) is 5.67 Å². The van der Waals surface area contributed by atoms with Crippen LogP contribution < -0.4 is 10.6 Å². The largest absolute Gasteiger partial charge is 0.480 e. The van der Waals surface area contributed by atoms with E-state index in [2.05, 4.69) is 22.8 Å². The first kappa shape index (κ1) is 23.4. The number of carbonyl (C=O) groups is 2. The van der Waals surface area contributed by atoms with Gasteiger partial charge in [-0.2, -0.15) is 0 Å². The van der Waals surface area contributed by atoms with Crippen LogP contribution in [0.3, 0.4) is 0 Å². The lowest BCUT2D eigenvalue weighted by atomic mass is 9.94. The second kappa shape index (κ2) is 11.4. The summed E-state index contributed by atoms with van der Waals surface area (Å²) < 4.78 is 19.7. The highest BCUT2D eigenvalue weighted by atomic mass is 19.1. The van der Waals surface area contributed by atoms with Crippen LogP contribution in [0.2, 0.25) is 0 Å². The zero-order chi connectivity index (χ0) is 22.1. The summed E-state index contributed by atoms with van der Waals surface area (Å²) in [6.45, 7) is 1.35. The predicted molar refractivity (Wildman–Crippen MR) is 116 cm³/mol. The first-order valence-corrected chi connectivity index (χ1v) is 11.5. The molecule has 0 aliphatic carbocycles. The number of aryl methyl sites for hydroxylation is 2. The van der Waals surface area contributed by atoms with E-state index in [0.717, 1.165) is 63.0 Å². The molecular formula is C23H34FN3O4. The van der Waals surface area contributed by atoms with Crippen molar-refractivity contribution in [1.82, 2.24) is 10.3 Å². The van der Waals surface area contributed by atoms with Gasteiger partial charge in [0, 0.05) is 25.1 Å². The number of rotatable bonds is 11. The molecule has 0 radical (unpaired) electrons. The predicted octanol–water partition coefficient (Wildman–Crippen LogP) is 3.41. The van der Waals surface area contributed by atoms with Crippen LogP contribution in [0.4, 0.5) is 10.2 Å². The van der Waals surface area contributed by atoms with Gasteiger partial charge in [0.25, 0.3) is 5.91 Å². The van der Waals surface area contributed by atoms with Crippen molar-refractivity contribution in [2.24, 2.45) is 0 Å². The number of carboxylic acids is 1. The summed E-state index contributed by atoms with van der Waals surface area (Å²) in [5.41, 5.74) is 0.382. The molecule has 0 bridgehead atoms. The number of aliphatic carboxylic acids is 1. The average molecular weight is 436 g/mol. The number of nitrogens with one attached hydrogen (secondary N) is 2. The third kappa shape index (κ3) is 6.89. The van der Waals surface area contributed by atoms with Crippen LogP contribution in [0.15, 0.2) is 12.1 Å². The Morgan fingerprint density at radius 3 is 2.71 bits per heavy atom. The molecule has 1 aromatic rings. The number of fused-ring (bicyclic) bond motifs is 1. The van der Waals surface area contributed by atoms with E-state index in [1.807, 2.05) is 0 Å². The van der Waals surface area contributed by atoms with Crippen LogP contribution >= 0.6 is 0 Å². The molecule has 1 atom stereocenters. The lowest BCUT2D eigenvalue weighted by Gasteiger charge is -2.29. The van der Waals surface area contributed by atoms with Crippen molar-refractivity contribution in [3.8, 4) is 0 Å². The molecule has 2 aliphatic heterocycles. The number of alkyl halides is 1. The fourth-order valence-electron chi connectivity index (χ4n) is 4.16. The van der Waals surface area contributed by atoms with Crippen molar-refractivity contribution in [3.63, 3.8) is 0 Å². The number of amides is 1. The number of aromatic nitrogens is 1. The van der Waals surface area contributed by atoms with Gasteiger partial charge in [-0.3, -0.25) is 4.79 Å². The van der Waals surface area contributed by atoms with Gasteiger partial charge in [0.05, 0.1) is 13.2 Å². The summed E-state index contributed by atoms with van der Waals surface area (Å²) >= 11 is 0. The Bertz CT molecular complexity index is 752. The summed E-state index contributed by atoms with van der Waals surface area (Å²) in [7, 11) is 0. The zero-order valence-corrected chi connectivity index (χ0v) is 18.1. The molecule has 3 heterocycles. The minimum Gasteiger partial charge on any atom is -0.480 e. The van der Waals surface area contributed by atoms with Gasteiger partial charge >= 0.3 is 5.97 Å². The van der Waals surface area contributed by atoms with Crippen molar-refractivity contribution in [2.45, 2.75) is 82.3 Å². The Balaban J connectivity index is 1.31. The molecule has 1 aromatic heterocycles. The first-order chi connectivity index (χ1) is 15.0. The maximum atomic E-state index is 14.7. The van der Waals surface area contributed by atoms with Crippen LogP contribution in [0.5, 0.6) is 0 Å². The summed E-state index contributed by atoms with van der Waals surface area (Å²) in [6.07, 6.45) is 8.08. The minimum absolute atomic E-state index is 0.0275. The maximum Gasteiger partial charge on any atom is 0.326 e.